The van der Waals surface area contributed by atoms with Crippen LogP contribution in [0.5, 0.6) is 0 Å². The number of sulfonamides is 1. The maximum absolute atomic E-state index is 12.8. The molecule has 1 unspecified atom stereocenters. The first-order chi connectivity index (χ1) is 9.41. The van der Waals surface area contributed by atoms with Crippen molar-refractivity contribution in [3.8, 4) is 0 Å². The summed E-state index contributed by atoms with van der Waals surface area (Å²) in [6.45, 7) is 5.42. The first-order valence-electron chi connectivity index (χ1n) is 6.80. The highest BCUT2D eigenvalue weighted by atomic mass is 32.2. The Labute approximate surface area is 124 Å². The van der Waals surface area contributed by atoms with Crippen LogP contribution in [0.4, 0.5) is 0 Å². The summed E-state index contributed by atoms with van der Waals surface area (Å²) in [5, 5.41) is 11.2. The number of aliphatic hydroxyl groups is 1. The molecular formula is C13H22N2O3S2. The minimum Gasteiger partial charge on any atom is -0.391 e. The molecule has 1 aliphatic heterocycles. The fourth-order valence-electron chi connectivity index (χ4n) is 2.65. The molecule has 0 aromatic carbocycles. The van der Waals surface area contributed by atoms with Crippen LogP contribution in [0.3, 0.4) is 0 Å². The first-order valence-corrected chi connectivity index (χ1v) is 9.12. The number of rotatable bonds is 4. The van der Waals surface area contributed by atoms with Gasteiger partial charge in [-0.15, -0.1) is 11.3 Å². The van der Waals surface area contributed by atoms with Gasteiger partial charge < -0.3 is 10.0 Å². The highest BCUT2D eigenvalue weighted by Gasteiger charge is 2.34. The van der Waals surface area contributed by atoms with Gasteiger partial charge in [-0.2, -0.15) is 4.31 Å². The van der Waals surface area contributed by atoms with Gasteiger partial charge in [-0.3, -0.25) is 0 Å². The third-order valence-electron chi connectivity index (χ3n) is 3.94. The number of thiophene rings is 1. The molecule has 1 atom stereocenters. The van der Waals surface area contributed by atoms with Crippen LogP contribution < -0.4 is 0 Å². The molecule has 114 valence electrons. The molecule has 0 aliphatic carbocycles. The molecule has 0 amide bonds. The molecule has 7 heteroatoms. The lowest BCUT2D eigenvalue weighted by atomic mass is 10.1. The van der Waals surface area contributed by atoms with Gasteiger partial charge in [-0.05, 0) is 31.3 Å². The fourth-order valence-corrected chi connectivity index (χ4v) is 5.73. The average Bonchev–Trinajstić information content (AvgIpc) is 2.80. The zero-order valence-corrected chi connectivity index (χ0v) is 13.8. The standard InChI is InChI=1S/C13H22N2O3S2/c1-4-11-7-15(6-5-14(11)3)20(17,18)13-10(2)9-19-12(13)8-16/h9,11,16H,4-8H2,1-3H3. The molecule has 5 nitrogen and oxygen atoms in total. The van der Waals surface area contributed by atoms with Crippen LogP contribution in [0.2, 0.25) is 0 Å². The van der Waals surface area contributed by atoms with Gasteiger partial charge in [-0.25, -0.2) is 8.42 Å². The van der Waals surface area contributed by atoms with E-state index in [1.165, 1.54) is 11.3 Å². The maximum atomic E-state index is 12.8. The van der Waals surface area contributed by atoms with E-state index in [1.807, 2.05) is 7.05 Å². The maximum Gasteiger partial charge on any atom is 0.244 e. The van der Waals surface area contributed by atoms with E-state index in [0.717, 1.165) is 18.5 Å². The van der Waals surface area contributed by atoms with Crippen LogP contribution in [-0.4, -0.2) is 55.5 Å². The summed E-state index contributed by atoms with van der Waals surface area (Å²) in [4.78, 5) is 3.05. The SMILES string of the molecule is CCC1CN(S(=O)(=O)c2c(C)csc2CO)CCN1C. The predicted molar refractivity (Wildman–Crippen MR) is 80.4 cm³/mol. The Morgan fingerprint density at radius 3 is 2.75 bits per heavy atom. The molecule has 1 fully saturated rings. The van der Waals surface area contributed by atoms with Crippen molar-refractivity contribution < 1.29 is 13.5 Å². The normalized spacial score (nSPS) is 22.3. The van der Waals surface area contributed by atoms with E-state index in [1.54, 1.807) is 16.6 Å². The Kier molecular flexibility index (Phi) is 4.86. The van der Waals surface area contributed by atoms with Crippen molar-refractivity contribution in [3.05, 3.63) is 15.8 Å². The average molecular weight is 318 g/mol. The van der Waals surface area contributed by atoms with Gasteiger partial charge in [-0.1, -0.05) is 6.92 Å². The summed E-state index contributed by atoms with van der Waals surface area (Å²) in [6, 6.07) is 0.259. The van der Waals surface area contributed by atoms with E-state index in [9.17, 15) is 13.5 Å². The second-order valence-electron chi connectivity index (χ2n) is 5.23. The highest BCUT2D eigenvalue weighted by molar-refractivity contribution is 7.89. The number of aliphatic hydroxyl groups excluding tert-OH is 1. The summed E-state index contributed by atoms with van der Waals surface area (Å²) in [6.07, 6.45) is 0.929. The highest BCUT2D eigenvalue weighted by Crippen LogP contribution is 2.30. The number of nitrogens with zero attached hydrogens (tertiary/aromatic N) is 2. The van der Waals surface area contributed by atoms with Crippen LogP contribution in [0.25, 0.3) is 0 Å². The molecule has 0 radical (unpaired) electrons. The lowest BCUT2D eigenvalue weighted by Crippen LogP contribution is -2.52. The van der Waals surface area contributed by atoms with E-state index in [0.29, 0.717) is 22.9 Å². The van der Waals surface area contributed by atoms with Gasteiger partial charge in [0.15, 0.2) is 0 Å². The number of hydrogen-bond donors (Lipinski definition) is 1. The molecule has 0 bridgehead atoms. The summed E-state index contributed by atoms with van der Waals surface area (Å²) >= 11 is 1.31. The summed E-state index contributed by atoms with van der Waals surface area (Å²) in [7, 11) is -1.47. The Morgan fingerprint density at radius 1 is 1.45 bits per heavy atom. The third-order valence-corrected chi connectivity index (χ3v) is 7.26. The van der Waals surface area contributed by atoms with Crippen molar-refractivity contribution >= 4 is 21.4 Å². The molecule has 1 aromatic rings. The molecule has 0 saturated carbocycles. The molecule has 2 rings (SSSR count). The van der Waals surface area contributed by atoms with Crippen LogP contribution >= 0.6 is 11.3 Å². The minimum atomic E-state index is -3.50. The number of likely N-dealkylation sites (N-methyl/N-ethyl adjacent to an activating group) is 1. The zero-order chi connectivity index (χ0) is 14.9. The van der Waals surface area contributed by atoms with Gasteiger partial charge >= 0.3 is 0 Å². The summed E-state index contributed by atoms with van der Waals surface area (Å²) < 4.78 is 27.2. The van der Waals surface area contributed by atoms with Crippen LogP contribution in [0, 0.1) is 6.92 Å². The van der Waals surface area contributed by atoms with Gasteiger partial charge in [0.25, 0.3) is 0 Å². The third kappa shape index (κ3) is 2.78. The second-order valence-corrected chi connectivity index (χ2v) is 8.07. The fraction of sp³-hybridized carbons (Fsp3) is 0.692. The summed E-state index contributed by atoms with van der Waals surface area (Å²) in [5.41, 5.74) is 0.728. The van der Waals surface area contributed by atoms with Gasteiger partial charge in [0.05, 0.1) is 11.5 Å². The van der Waals surface area contributed by atoms with Crippen molar-refractivity contribution in [2.45, 2.75) is 37.8 Å². The Bertz CT molecular complexity index is 568. The number of aryl methyl sites for hydroxylation is 1. The van der Waals surface area contributed by atoms with Crippen molar-refractivity contribution in [3.63, 3.8) is 0 Å². The van der Waals surface area contributed by atoms with E-state index in [-0.39, 0.29) is 12.6 Å². The smallest absolute Gasteiger partial charge is 0.244 e. The van der Waals surface area contributed by atoms with Crippen molar-refractivity contribution in [2.24, 2.45) is 0 Å². The lowest BCUT2D eigenvalue weighted by Gasteiger charge is -2.38. The number of piperazine rings is 1. The molecule has 2 heterocycles. The van der Waals surface area contributed by atoms with Crippen molar-refractivity contribution in [2.75, 3.05) is 26.7 Å². The van der Waals surface area contributed by atoms with Crippen LogP contribution in [-0.2, 0) is 16.6 Å². The topological polar surface area (TPSA) is 60.9 Å². The number of hydrogen-bond acceptors (Lipinski definition) is 5. The first kappa shape index (κ1) is 15.9. The van der Waals surface area contributed by atoms with Crippen LogP contribution in [0.15, 0.2) is 10.3 Å². The van der Waals surface area contributed by atoms with E-state index < -0.39 is 10.0 Å². The minimum absolute atomic E-state index is 0.224. The second kappa shape index (κ2) is 6.11. The molecule has 1 saturated heterocycles. The molecule has 1 N–H and O–H groups in total. The monoisotopic (exact) mass is 318 g/mol. The van der Waals surface area contributed by atoms with E-state index in [2.05, 4.69) is 11.8 Å². The van der Waals surface area contributed by atoms with E-state index >= 15 is 0 Å². The zero-order valence-electron chi connectivity index (χ0n) is 12.2. The molecule has 1 aromatic heterocycles. The van der Waals surface area contributed by atoms with Crippen LogP contribution in [0.1, 0.15) is 23.8 Å². The Morgan fingerprint density at radius 2 is 2.15 bits per heavy atom. The molecular weight excluding hydrogens is 296 g/mol. The summed E-state index contributed by atoms with van der Waals surface area (Å²) in [5.74, 6) is 0. The van der Waals surface area contributed by atoms with Gasteiger partial charge in [0.2, 0.25) is 10.0 Å². The van der Waals surface area contributed by atoms with Gasteiger partial charge in [0.1, 0.15) is 4.90 Å². The van der Waals surface area contributed by atoms with Gasteiger partial charge in [0, 0.05) is 25.7 Å². The Hall–Kier alpha value is -0.470. The van der Waals surface area contributed by atoms with Crippen molar-refractivity contribution in [1.82, 2.24) is 9.21 Å². The molecule has 20 heavy (non-hydrogen) atoms. The van der Waals surface area contributed by atoms with Crippen molar-refractivity contribution in [1.29, 1.82) is 0 Å². The molecule has 1 aliphatic rings. The molecule has 0 spiro atoms. The lowest BCUT2D eigenvalue weighted by molar-refractivity contribution is 0.144. The predicted octanol–water partition coefficient (Wildman–Crippen LogP) is 1.26. The Balaban J connectivity index is 2.33. The van der Waals surface area contributed by atoms with E-state index in [4.69, 9.17) is 0 Å². The largest absolute Gasteiger partial charge is 0.391 e. The quantitative estimate of drug-likeness (QED) is 0.908.